The van der Waals surface area contributed by atoms with Gasteiger partial charge >= 0.3 is 6.09 Å². The first-order valence-corrected chi connectivity index (χ1v) is 9.70. The summed E-state index contributed by atoms with van der Waals surface area (Å²) >= 11 is 0. The topological polar surface area (TPSA) is 117 Å². The fraction of sp³-hybridized carbons (Fsp3) is 0.381. The fourth-order valence-corrected chi connectivity index (χ4v) is 4.24. The summed E-state index contributed by atoms with van der Waals surface area (Å²) < 4.78 is 11.1. The van der Waals surface area contributed by atoms with Crippen LogP contribution in [0.3, 0.4) is 0 Å². The highest BCUT2D eigenvalue weighted by atomic mass is 16.6. The van der Waals surface area contributed by atoms with Crippen LogP contribution in [-0.2, 0) is 23.2 Å². The summed E-state index contributed by atoms with van der Waals surface area (Å²) in [5.74, 6) is 0.521. The van der Waals surface area contributed by atoms with Crippen LogP contribution in [-0.4, -0.2) is 34.3 Å². The highest BCUT2D eigenvalue weighted by Gasteiger charge is 2.49. The smallest absolute Gasteiger partial charge is 0.410 e. The van der Waals surface area contributed by atoms with Gasteiger partial charge in [0.25, 0.3) is 0 Å². The number of nitrogens with one attached hydrogen (secondary N) is 1. The van der Waals surface area contributed by atoms with Crippen LogP contribution in [0.4, 0.5) is 4.79 Å². The van der Waals surface area contributed by atoms with Gasteiger partial charge in [0.1, 0.15) is 18.2 Å². The summed E-state index contributed by atoms with van der Waals surface area (Å²) in [5.41, 5.74) is 8.63. The van der Waals surface area contributed by atoms with Crippen molar-refractivity contribution in [2.24, 2.45) is 5.73 Å². The fourth-order valence-electron chi connectivity index (χ4n) is 4.24. The summed E-state index contributed by atoms with van der Waals surface area (Å²) in [6.45, 7) is 3.17. The molecule has 4 rings (SSSR count). The van der Waals surface area contributed by atoms with E-state index in [0.717, 1.165) is 23.2 Å². The highest BCUT2D eigenvalue weighted by Crippen LogP contribution is 2.49. The van der Waals surface area contributed by atoms with Crippen molar-refractivity contribution < 1.29 is 14.3 Å². The Labute approximate surface area is 168 Å². The number of benzene rings is 1. The van der Waals surface area contributed by atoms with Gasteiger partial charge < -0.3 is 20.1 Å². The predicted octanol–water partition coefficient (Wildman–Crippen LogP) is 2.73. The minimum Gasteiger partial charge on any atom is -0.445 e. The molecule has 1 saturated heterocycles. The Morgan fingerprint density at radius 2 is 2.10 bits per heavy atom. The van der Waals surface area contributed by atoms with Crippen molar-refractivity contribution in [3.05, 3.63) is 58.6 Å². The lowest BCUT2D eigenvalue weighted by Crippen LogP contribution is -2.48. The maximum atomic E-state index is 12.5. The third-order valence-corrected chi connectivity index (χ3v) is 5.76. The zero-order valence-corrected chi connectivity index (χ0v) is 16.3. The lowest BCUT2D eigenvalue weighted by molar-refractivity contribution is 0.0800. The van der Waals surface area contributed by atoms with E-state index in [-0.39, 0.29) is 18.6 Å². The summed E-state index contributed by atoms with van der Waals surface area (Å²) in [6, 6.07) is 11.8. The molecule has 3 heterocycles. The average Bonchev–Trinajstić information content (AvgIpc) is 3.17. The number of carbonyl (C=O) groups excluding carboxylic acids is 1. The average molecular weight is 393 g/mol. The van der Waals surface area contributed by atoms with E-state index < -0.39 is 5.41 Å². The zero-order valence-electron chi connectivity index (χ0n) is 16.3. The molecule has 2 aromatic rings. The molecule has 8 heteroatoms. The van der Waals surface area contributed by atoms with Crippen LogP contribution in [0.5, 0.6) is 5.88 Å². The number of H-pyrrole nitrogens is 1. The third-order valence-electron chi connectivity index (χ3n) is 5.76. The van der Waals surface area contributed by atoms with Gasteiger partial charge in [0.05, 0.1) is 0 Å². The van der Waals surface area contributed by atoms with Gasteiger partial charge in [-0.05, 0) is 24.8 Å². The number of hydrogen-bond acceptors (Lipinski definition) is 6. The molecule has 29 heavy (non-hydrogen) atoms. The van der Waals surface area contributed by atoms with Crippen molar-refractivity contribution in [2.75, 3.05) is 13.1 Å². The number of aryl methyl sites for hydroxylation is 1. The summed E-state index contributed by atoms with van der Waals surface area (Å²) in [4.78, 5) is 14.2. The van der Waals surface area contributed by atoms with Crippen molar-refractivity contribution in [2.45, 2.75) is 38.2 Å². The molecule has 0 aliphatic carbocycles. The Balaban J connectivity index is 1.52. The van der Waals surface area contributed by atoms with E-state index in [1.807, 2.05) is 37.3 Å². The minimum atomic E-state index is -0.596. The van der Waals surface area contributed by atoms with Gasteiger partial charge in [0.15, 0.2) is 0 Å². The van der Waals surface area contributed by atoms with E-state index in [2.05, 4.69) is 16.3 Å². The molecule has 0 saturated carbocycles. The van der Waals surface area contributed by atoms with Crippen LogP contribution in [0.25, 0.3) is 0 Å². The maximum Gasteiger partial charge on any atom is 0.410 e. The molecule has 0 radical (unpaired) electrons. The van der Waals surface area contributed by atoms with Gasteiger partial charge in [-0.2, -0.15) is 5.26 Å². The van der Waals surface area contributed by atoms with Gasteiger partial charge in [0, 0.05) is 29.8 Å². The summed E-state index contributed by atoms with van der Waals surface area (Å²) in [6.07, 6.45) is 1.49. The summed E-state index contributed by atoms with van der Waals surface area (Å²) in [7, 11) is 0. The predicted molar refractivity (Wildman–Crippen MR) is 105 cm³/mol. The number of hydrogen-bond donors (Lipinski definition) is 2. The first-order valence-electron chi connectivity index (χ1n) is 9.70. The molecule has 0 bridgehead atoms. The molecule has 0 atom stereocenters. The van der Waals surface area contributed by atoms with Crippen molar-refractivity contribution in [1.82, 2.24) is 15.1 Å². The molecule has 2 aliphatic rings. The number of carbonyl (C=O) groups is 1. The number of nitrogens with two attached hydrogens (primary N) is 1. The van der Waals surface area contributed by atoms with Crippen LogP contribution in [0.2, 0.25) is 0 Å². The number of nitriles is 1. The number of nitrogens with zero attached hydrogens (tertiary/aromatic N) is 3. The normalized spacial score (nSPS) is 17.4. The van der Waals surface area contributed by atoms with Crippen LogP contribution in [0, 0.1) is 11.3 Å². The second kappa shape index (κ2) is 7.51. The van der Waals surface area contributed by atoms with Gasteiger partial charge in [-0.1, -0.05) is 37.3 Å². The molecule has 1 amide bonds. The summed E-state index contributed by atoms with van der Waals surface area (Å²) in [5, 5.41) is 17.0. The highest BCUT2D eigenvalue weighted by molar-refractivity contribution is 5.68. The maximum absolute atomic E-state index is 12.5. The standard InChI is InChI=1S/C21H23N5O3/c1-2-16-17-19(25-24-16)29-18(23)15(12-22)21(17)8-10-26(11-9-21)20(27)28-13-14-6-4-3-5-7-14/h3-7H,2,8-11,13,23H2,1H3,(H,24,25). The number of aromatic amines is 1. The Morgan fingerprint density at radius 1 is 1.38 bits per heavy atom. The lowest BCUT2D eigenvalue weighted by Gasteiger charge is -2.43. The van der Waals surface area contributed by atoms with Crippen molar-refractivity contribution in [3.63, 3.8) is 0 Å². The number of likely N-dealkylation sites (tertiary alicyclic amines) is 1. The number of ether oxygens (including phenoxy) is 2. The van der Waals surface area contributed by atoms with Gasteiger partial charge in [-0.25, -0.2) is 4.79 Å². The first-order chi connectivity index (χ1) is 14.1. The molecule has 8 nitrogen and oxygen atoms in total. The van der Waals surface area contributed by atoms with Gasteiger partial charge in [-0.15, -0.1) is 5.10 Å². The molecular weight excluding hydrogens is 370 g/mol. The number of aromatic nitrogens is 2. The molecular formula is C21H23N5O3. The van der Waals surface area contributed by atoms with Crippen LogP contribution in [0.1, 0.15) is 36.6 Å². The monoisotopic (exact) mass is 393 g/mol. The first kappa shape index (κ1) is 18.9. The number of fused-ring (bicyclic) bond motifs is 2. The number of allylic oxidation sites excluding steroid dienone is 1. The number of amides is 1. The van der Waals surface area contributed by atoms with Crippen molar-refractivity contribution >= 4 is 6.09 Å². The van der Waals surface area contributed by atoms with Gasteiger partial charge in [-0.3, -0.25) is 5.10 Å². The van der Waals surface area contributed by atoms with Crippen molar-refractivity contribution in [3.8, 4) is 11.9 Å². The molecule has 2 aliphatic heterocycles. The second-order valence-corrected chi connectivity index (χ2v) is 7.30. The van der Waals surface area contributed by atoms with E-state index in [0.29, 0.717) is 37.4 Å². The zero-order chi connectivity index (χ0) is 20.4. The molecule has 1 fully saturated rings. The number of piperidine rings is 1. The van der Waals surface area contributed by atoms with Gasteiger partial charge in [0.2, 0.25) is 11.8 Å². The van der Waals surface area contributed by atoms with E-state index >= 15 is 0 Å². The minimum absolute atomic E-state index is 0.0919. The Morgan fingerprint density at radius 3 is 2.76 bits per heavy atom. The molecule has 1 aromatic heterocycles. The molecule has 0 unspecified atom stereocenters. The SMILES string of the molecule is CCc1[nH]nc2c1C1(CCN(C(=O)OCc3ccccc3)CC1)C(C#N)=C(N)O2. The van der Waals surface area contributed by atoms with Crippen molar-refractivity contribution in [1.29, 1.82) is 5.26 Å². The third kappa shape index (κ3) is 3.18. The van der Waals surface area contributed by atoms with Crippen LogP contribution >= 0.6 is 0 Å². The van der Waals surface area contributed by atoms with E-state index in [4.69, 9.17) is 15.2 Å². The Kier molecular flexibility index (Phi) is 4.89. The number of rotatable bonds is 3. The van der Waals surface area contributed by atoms with E-state index in [1.54, 1.807) is 4.90 Å². The molecule has 3 N–H and O–H groups in total. The quantitative estimate of drug-likeness (QED) is 0.828. The van der Waals surface area contributed by atoms with E-state index in [1.165, 1.54) is 0 Å². The second-order valence-electron chi connectivity index (χ2n) is 7.30. The Hall–Kier alpha value is -3.47. The lowest BCUT2D eigenvalue weighted by atomic mass is 9.67. The van der Waals surface area contributed by atoms with E-state index in [9.17, 15) is 10.1 Å². The Bertz CT molecular complexity index is 981. The van der Waals surface area contributed by atoms with Crippen LogP contribution in [0.15, 0.2) is 41.8 Å². The largest absolute Gasteiger partial charge is 0.445 e. The molecule has 1 aromatic carbocycles. The molecule has 150 valence electrons. The van der Waals surface area contributed by atoms with Crippen LogP contribution < -0.4 is 10.5 Å². The molecule has 1 spiro atoms.